The standard InChI is InChI=1S/C21H27NO4/c1-19(16(23)22(4)11-10-15-8-6-5-7-9-15)12-20(2)14-21(3,13-19)18(25)26-17(20)24/h5-9H,10-14H2,1-4H3/t19?,20-,21+. The Kier molecular flexibility index (Phi) is 4.45. The summed E-state index contributed by atoms with van der Waals surface area (Å²) < 4.78 is 5.00. The van der Waals surface area contributed by atoms with E-state index in [1.54, 1.807) is 11.9 Å². The van der Waals surface area contributed by atoms with Gasteiger partial charge in [0.05, 0.1) is 10.8 Å². The molecule has 1 saturated carbocycles. The number of amides is 1. The van der Waals surface area contributed by atoms with Crippen molar-refractivity contribution in [2.45, 2.75) is 46.5 Å². The van der Waals surface area contributed by atoms with E-state index in [2.05, 4.69) is 0 Å². The highest BCUT2D eigenvalue weighted by atomic mass is 16.6. The number of hydrogen-bond acceptors (Lipinski definition) is 4. The Morgan fingerprint density at radius 1 is 1.00 bits per heavy atom. The molecule has 26 heavy (non-hydrogen) atoms. The van der Waals surface area contributed by atoms with Crippen molar-refractivity contribution in [3.63, 3.8) is 0 Å². The van der Waals surface area contributed by atoms with E-state index in [-0.39, 0.29) is 5.91 Å². The number of ether oxygens (including phenoxy) is 1. The first kappa shape index (κ1) is 18.6. The smallest absolute Gasteiger partial charge is 0.319 e. The van der Waals surface area contributed by atoms with Crippen LogP contribution in [-0.4, -0.2) is 36.3 Å². The lowest BCUT2D eigenvalue weighted by molar-refractivity contribution is -0.198. The van der Waals surface area contributed by atoms with Crippen molar-refractivity contribution in [2.75, 3.05) is 13.6 Å². The normalized spacial score (nSPS) is 33.5. The topological polar surface area (TPSA) is 63.7 Å². The van der Waals surface area contributed by atoms with Crippen LogP contribution < -0.4 is 0 Å². The number of likely N-dealkylation sites (N-methyl/N-ethyl adjacent to an activating group) is 1. The molecule has 1 amide bonds. The number of hydrogen-bond donors (Lipinski definition) is 0. The second-order valence-corrected chi connectivity index (χ2v) is 8.85. The molecule has 0 aromatic heterocycles. The van der Waals surface area contributed by atoms with Gasteiger partial charge in [0.1, 0.15) is 0 Å². The van der Waals surface area contributed by atoms with Crippen LogP contribution in [-0.2, 0) is 25.5 Å². The molecule has 2 fully saturated rings. The van der Waals surface area contributed by atoms with Crippen molar-refractivity contribution < 1.29 is 19.1 Å². The highest BCUT2D eigenvalue weighted by Crippen LogP contribution is 2.58. The summed E-state index contributed by atoms with van der Waals surface area (Å²) in [6, 6.07) is 10.0. The van der Waals surface area contributed by atoms with Crippen LogP contribution in [0.2, 0.25) is 0 Å². The molecule has 0 radical (unpaired) electrons. The van der Waals surface area contributed by atoms with E-state index in [0.717, 1.165) is 6.42 Å². The van der Waals surface area contributed by atoms with E-state index in [0.29, 0.717) is 25.8 Å². The Balaban J connectivity index is 1.77. The number of cyclic esters (lactones) is 2. The summed E-state index contributed by atoms with van der Waals surface area (Å²) >= 11 is 0. The van der Waals surface area contributed by atoms with Gasteiger partial charge in [0.2, 0.25) is 5.91 Å². The SMILES string of the molecule is CN(CCc1ccccc1)C(=O)C1(C)C[C@@]2(C)C[C@@](C)(C1)C(=O)OC2=O. The second kappa shape index (κ2) is 6.22. The van der Waals surface area contributed by atoms with E-state index < -0.39 is 28.2 Å². The molecule has 0 spiro atoms. The molecule has 1 aliphatic carbocycles. The number of rotatable bonds is 4. The summed E-state index contributed by atoms with van der Waals surface area (Å²) in [5.74, 6) is -0.996. The first-order chi connectivity index (χ1) is 12.1. The van der Waals surface area contributed by atoms with Gasteiger partial charge in [-0.15, -0.1) is 0 Å². The average Bonchev–Trinajstić information content (AvgIpc) is 2.57. The molecule has 5 nitrogen and oxygen atoms in total. The fraction of sp³-hybridized carbons (Fsp3) is 0.571. The Morgan fingerprint density at radius 3 is 2.08 bits per heavy atom. The molecule has 1 aromatic rings. The first-order valence-electron chi connectivity index (χ1n) is 9.14. The minimum atomic E-state index is -0.786. The van der Waals surface area contributed by atoms with Crippen molar-refractivity contribution in [3.05, 3.63) is 35.9 Å². The van der Waals surface area contributed by atoms with Crippen LogP contribution in [0, 0.1) is 16.2 Å². The third kappa shape index (κ3) is 3.15. The largest absolute Gasteiger partial charge is 0.392 e. The Morgan fingerprint density at radius 2 is 1.54 bits per heavy atom. The zero-order valence-corrected chi connectivity index (χ0v) is 16.0. The first-order valence-corrected chi connectivity index (χ1v) is 9.14. The summed E-state index contributed by atoms with van der Waals surface area (Å²) in [4.78, 5) is 39.6. The number of nitrogens with zero attached hydrogens (tertiary/aromatic N) is 1. The molecule has 2 aliphatic rings. The van der Waals surface area contributed by atoms with E-state index in [1.807, 2.05) is 51.1 Å². The van der Waals surface area contributed by atoms with Crippen molar-refractivity contribution >= 4 is 17.8 Å². The van der Waals surface area contributed by atoms with Crippen molar-refractivity contribution in [1.29, 1.82) is 0 Å². The number of carbonyl (C=O) groups excluding carboxylic acids is 3. The predicted octanol–water partition coefficient (Wildman–Crippen LogP) is 2.97. The molecule has 1 aromatic carbocycles. The van der Waals surface area contributed by atoms with Gasteiger partial charge < -0.3 is 9.64 Å². The van der Waals surface area contributed by atoms with Gasteiger partial charge in [-0.3, -0.25) is 14.4 Å². The lowest BCUT2D eigenvalue weighted by Gasteiger charge is -2.52. The van der Waals surface area contributed by atoms with E-state index in [9.17, 15) is 14.4 Å². The predicted molar refractivity (Wildman–Crippen MR) is 97.1 cm³/mol. The van der Waals surface area contributed by atoms with Gasteiger partial charge in [-0.2, -0.15) is 0 Å². The maximum Gasteiger partial charge on any atom is 0.319 e. The van der Waals surface area contributed by atoms with Gasteiger partial charge in [0.25, 0.3) is 0 Å². The monoisotopic (exact) mass is 357 g/mol. The van der Waals surface area contributed by atoms with Gasteiger partial charge in [0.15, 0.2) is 0 Å². The third-order valence-corrected chi connectivity index (χ3v) is 5.95. The molecule has 1 saturated heterocycles. The maximum atomic E-state index is 13.2. The second-order valence-electron chi connectivity index (χ2n) is 8.85. The lowest BCUT2D eigenvalue weighted by Crippen LogP contribution is -2.59. The van der Waals surface area contributed by atoms with Crippen LogP contribution in [0.4, 0.5) is 0 Å². The molecule has 2 bridgehead atoms. The van der Waals surface area contributed by atoms with Crippen molar-refractivity contribution in [3.8, 4) is 0 Å². The van der Waals surface area contributed by atoms with E-state index in [1.165, 1.54) is 5.56 Å². The van der Waals surface area contributed by atoms with Crippen molar-refractivity contribution in [1.82, 2.24) is 4.90 Å². The Bertz CT molecular complexity index is 716. The average molecular weight is 357 g/mol. The maximum absolute atomic E-state index is 13.2. The zero-order valence-electron chi connectivity index (χ0n) is 16.0. The summed E-state index contributed by atoms with van der Waals surface area (Å²) in [6.45, 7) is 6.11. The fourth-order valence-electron chi connectivity index (χ4n) is 5.05. The highest BCUT2D eigenvalue weighted by molar-refractivity contribution is 5.97. The minimum absolute atomic E-state index is 0.00641. The summed E-state index contributed by atoms with van der Waals surface area (Å²) in [5, 5.41) is 0. The molecule has 1 unspecified atom stereocenters. The molecule has 1 heterocycles. The Hall–Kier alpha value is -2.17. The molecule has 3 atom stereocenters. The minimum Gasteiger partial charge on any atom is -0.392 e. The van der Waals surface area contributed by atoms with Gasteiger partial charge in [-0.25, -0.2) is 0 Å². The summed E-state index contributed by atoms with van der Waals surface area (Å²) in [6.07, 6.45) is 2.05. The van der Waals surface area contributed by atoms with Gasteiger partial charge >= 0.3 is 11.9 Å². The van der Waals surface area contributed by atoms with Gasteiger partial charge in [-0.05, 0) is 45.1 Å². The fourth-order valence-corrected chi connectivity index (χ4v) is 5.05. The van der Waals surface area contributed by atoms with E-state index in [4.69, 9.17) is 4.74 Å². The molecule has 0 N–H and O–H groups in total. The van der Waals surface area contributed by atoms with Crippen LogP contribution in [0.3, 0.4) is 0 Å². The number of benzene rings is 1. The van der Waals surface area contributed by atoms with Gasteiger partial charge in [-0.1, -0.05) is 37.3 Å². The number of carbonyl (C=O) groups is 3. The van der Waals surface area contributed by atoms with Crippen LogP contribution in [0.5, 0.6) is 0 Å². The van der Waals surface area contributed by atoms with Crippen LogP contribution in [0.25, 0.3) is 0 Å². The number of fused-ring (bicyclic) bond motifs is 2. The van der Waals surface area contributed by atoms with E-state index >= 15 is 0 Å². The zero-order chi connectivity index (χ0) is 19.2. The lowest BCUT2D eigenvalue weighted by atomic mass is 9.53. The quantitative estimate of drug-likeness (QED) is 0.614. The molecular formula is C21H27NO4. The molecule has 1 aliphatic heterocycles. The third-order valence-electron chi connectivity index (χ3n) is 5.95. The highest BCUT2D eigenvalue weighted by Gasteiger charge is 2.62. The summed E-state index contributed by atoms with van der Waals surface area (Å²) in [5.41, 5.74) is -1.14. The van der Waals surface area contributed by atoms with Crippen LogP contribution >= 0.6 is 0 Å². The summed E-state index contributed by atoms with van der Waals surface area (Å²) in [7, 11) is 1.80. The van der Waals surface area contributed by atoms with Crippen LogP contribution in [0.1, 0.15) is 45.6 Å². The van der Waals surface area contributed by atoms with Crippen molar-refractivity contribution in [2.24, 2.45) is 16.2 Å². The molecule has 140 valence electrons. The van der Waals surface area contributed by atoms with Crippen LogP contribution in [0.15, 0.2) is 30.3 Å². The Labute approximate surface area is 154 Å². The van der Waals surface area contributed by atoms with Gasteiger partial charge in [0, 0.05) is 19.0 Å². The molecule has 5 heteroatoms. The number of esters is 2. The molecular weight excluding hydrogens is 330 g/mol. The molecule has 3 rings (SSSR count).